The molecular weight excluding hydrogens is 300 g/mol. The van der Waals surface area contributed by atoms with E-state index >= 15 is 0 Å². The Labute approximate surface area is 132 Å². The highest BCUT2D eigenvalue weighted by Crippen LogP contribution is 2.25. The minimum absolute atomic E-state index is 0.0796. The lowest BCUT2D eigenvalue weighted by molar-refractivity contribution is 0.0484. The van der Waals surface area contributed by atoms with Gasteiger partial charge in [-0.15, -0.1) is 11.3 Å². The van der Waals surface area contributed by atoms with Crippen LogP contribution < -0.4 is 0 Å². The molecule has 3 rings (SSSR count). The molecule has 0 radical (unpaired) electrons. The molecule has 1 saturated heterocycles. The van der Waals surface area contributed by atoms with E-state index in [1.165, 1.54) is 11.3 Å². The van der Waals surface area contributed by atoms with Gasteiger partial charge in [0.25, 0.3) is 5.91 Å². The van der Waals surface area contributed by atoms with Gasteiger partial charge in [-0.1, -0.05) is 0 Å². The number of nitrogens with zero attached hydrogens (tertiary/aromatic N) is 4. The number of aromatic nitrogens is 3. The fraction of sp³-hybridized carbons (Fsp3) is 0.467. The summed E-state index contributed by atoms with van der Waals surface area (Å²) in [6, 6.07) is 1.92. The van der Waals surface area contributed by atoms with Gasteiger partial charge in [-0.2, -0.15) is 0 Å². The summed E-state index contributed by atoms with van der Waals surface area (Å²) in [4.78, 5) is 27.2. The second-order valence-corrected chi connectivity index (χ2v) is 6.40. The number of hydrogen-bond donors (Lipinski definition) is 1. The maximum absolute atomic E-state index is 12.7. The first-order valence-corrected chi connectivity index (χ1v) is 8.21. The molecular formula is C15H18N4O2S. The molecule has 1 aliphatic rings. The van der Waals surface area contributed by atoms with Crippen molar-refractivity contribution in [2.45, 2.75) is 25.8 Å². The Hall–Kier alpha value is -1.86. The number of thiazole rings is 1. The predicted molar refractivity (Wildman–Crippen MR) is 83.4 cm³/mol. The zero-order valence-electron chi connectivity index (χ0n) is 12.3. The molecule has 2 aromatic rings. The van der Waals surface area contributed by atoms with Gasteiger partial charge in [0.05, 0.1) is 0 Å². The monoisotopic (exact) mass is 318 g/mol. The van der Waals surface area contributed by atoms with Crippen LogP contribution in [0.4, 0.5) is 0 Å². The summed E-state index contributed by atoms with van der Waals surface area (Å²) in [5.41, 5.74) is 0.429. The standard InChI is InChI=1S/C15H18N4O2S/c1-10-3-4-11(8-20)7-19(10)15(21)12-9-22-14(18-12)13-16-5-2-6-17-13/h2,5-6,9-11,20H,3-4,7-8H2,1H3. The summed E-state index contributed by atoms with van der Waals surface area (Å²) in [5, 5.41) is 11.7. The van der Waals surface area contributed by atoms with Crippen LogP contribution in [0.25, 0.3) is 10.8 Å². The number of aliphatic hydroxyl groups is 1. The summed E-state index contributed by atoms with van der Waals surface area (Å²) in [6.45, 7) is 2.75. The Bertz CT molecular complexity index is 646. The molecule has 2 unspecified atom stereocenters. The minimum atomic E-state index is -0.0796. The van der Waals surface area contributed by atoms with Crippen LogP contribution in [0, 0.1) is 5.92 Å². The molecule has 7 heteroatoms. The van der Waals surface area contributed by atoms with Crippen molar-refractivity contribution in [2.75, 3.05) is 13.2 Å². The van der Waals surface area contributed by atoms with Crippen LogP contribution in [0.15, 0.2) is 23.8 Å². The van der Waals surface area contributed by atoms with Crippen LogP contribution in [0.3, 0.4) is 0 Å². The summed E-state index contributed by atoms with van der Waals surface area (Å²) >= 11 is 1.37. The van der Waals surface area contributed by atoms with Crippen molar-refractivity contribution in [3.05, 3.63) is 29.5 Å². The van der Waals surface area contributed by atoms with E-state index in [-0.39, 0.29) is 24.5 Å². The number of hydrogen-bond acceptors (Lipinski definition) is 6. The average Bonchev–Trinajstić information content (AvgIpc) is 3.05. The number of piperidine rings is 1. The van der Waals surface area contributed by atoms with E-state index in [0.29, 0.717) is 23.1 Å². The van der Waals surface area contributed by atoms with E-state index in [2.05, 4.69) is 15.0 Å². The van der Waals surface area contributed by atoms with Gasteiger partial charge >= 0.3 is 0 Å². The van der Waals surface area contributed by atoms with Crippen molar-refractivity contribution in [1.82, 2.24) is 19.9 Å². The topological polar surface area (TPSA) is 79.2 Å². The Morgan fingerprint density at radius 3 is 2.91 bits per heavy atom. The molecule has 2 aromatic heterocycles. The summed E-state index contributed by atoms with van der Waals surface area (Å²) in [6.07, 6.45) is 5.19. The van der Waals surface area contributed by atoms with Crippen molar-refractivity contribution in [3.8, 4) is 10.8 Å². The van der Waals surface area contributed by atoms with Crippen molar-refractivity contribution in [2.24, 2.45) is 5.92 Å². The molecule has 0 aliphatic carbocycles. The van der Waals surface area contributed by atoms with Crippen LogP contribution in [-0.4, -0.2) is 50.1 Å². The third-order valence-corrected chi connectivity index (χ3v) is 4.82. The van der Waals surface area contributed by atoms with E-state index < -0.39 is 0 Å². The molecule has 116 valence electrons. The van der Waals surface area contributed by atoms with Gasteiger partial charge in [0, 0.05) is 37.0 Å². The molecule has 0 spiro atoms. The number of carbonyl (C=O) groups is 1. The first kappa shape index (κ1) is 15.1. The largest absolute Gasteiger partial charge is 0.396 e. The van der Waals surface area contributed by atoms with Gasteiger partial charge in [-0.3, -0.25) is 4.79 Å². The highest BCUT2D eigenvalue weighted by atomic mass is 32.1. The van der Waals surface area contributed by atoms with Crippen LogP contribution >= 0.6 is 11.3 Å². The molecule has 0 saturated carbocycles. The summed E-state index contributed by atoms with van der Waals surface area (Å²) < 4.78 is 0. The zero-order chi connectivity index (χ0) is 15.5. The van der Waals surface area contributed by atoms with Crippen LogP contribution in [0.2, 0.25) is 0 Å². The van der Waals surface area contributed by atoms with Crippen molar-refractivity contribution >= 4 is 17.2 Å². The molecule has 0 aromatic carbocycles. The Kier molecular flexibility index (Phi) is 4.44. The minimum Gasteiger partial charge on any atom is -0.396 e. The maximum Gasteiger partial charge on any atom is 0.273 e. The fourth-order valence-corrected chi connectivity index (χ4v) is 3.38. The highest BCUT2D eigenvalue weighted by molar-refractivity contribution is 7.13. The van der Waals surface area contributed by atoms with Gasteiger partial charge in [0.15, 0.2) is 10.8 Å². The molecule has 22 heavy (non-hydrogen) atoms. The second-order valence-electron chi connectivity index (χ2n) is 5.54. The van der Waals surface area contributed by atoms with Crippen molar-refractivity contribution in [3.63, 3.8) is 0 Å². The molecule has 2 atom stereocenters. The number of likely N-dealkylation sites (tertiary alicyclic amines) is 1. The Balaban J connectivity index is 1.79. The number of carbonyl (C=O) groups excluding carboxylic acids is 1. The highest BCUT2D eigenvalue weighted by Gasteiger charge is 2.30. The molecule has 3 heterocycles. The normalized spacial score (nSPS) is 21.8. The quantitative estimate of drug-likeness (QED) is 0.934. The molecule has 1 aliphatic heterocycles. The first-order chi connectivity index (χ1) is 10.7. The van der Waals surface area contributed by atoms with Crippen molar-refractivity contribution < 1.29 is 9.90 Å². The lowest BCUT2D eigenvalue weighted by Crippen LogP contribution is -2.46. The number of rotatable bonds is 3. The Morgan fingerprint density at radius 1 is 1.41 bits per heavy atom. The predicted octanol–water partition coefficient (Wildman–Crippen LogP) is 1.83. The first-order valence-electron chi connectivity index (χ1n) is 7.33. The smallest absolute Gasteiger partial charge is 0.273 e. The third kappa shape index (κ3) is 3.00. The maximum atomic E-state index is 12.7. The van der Waals surface area contributed by atoms with E-state index in [1.807, 2.05) is 11.8 Å². The van der Waals surface area contributed by atoms with Gasteiger partial charge < -0.3 is 10.0 Å². The molecule has 1 amide bonds. The molecule has 1 fully saturated rings. The van der Waals surface area contributed by atoms with Gasteiger partial charge in [-0.05, 0) is 31.7 Å². The van der Waals surface area contributed by atoms with Gasteiger partial charge in [0.1, 0.15) is 5.69 Å². The van der Waals surface area contributed by atoms with E-state index in [1.54, 1.807) is 23.8 Å². The Morgan fingerprint density at radius 2 is 2.18 bits per heavy atom. The molecule has 1 N–H and O–H groups in total. The average molecular weight is 318 g/mol. The van der Waals surface area contributed by atoms with Gasteiger partial charge in [0.2, 0.25) is 0 Å². The zero-order valence-corrected chi connectivity index (χ0v) is 13.2. The van der Waals surface area contributed by atoms with Crippen LogP contribution in [-0.2, 0) is 0 Å². The SMILES string of the molecule is CC1CCC(CO)CN1C(=O)c1csc(-c2ncccn2)n1. The lowest BCUT2D eigenvalue weighted by Gasteiger charge is -2.37. The van der Waals surface area contributed by atoms with E-state index in [9.17, 15) is 9.90 Å². The number of aliphatic hydroxyl groups excluding tert-OH is 1. The molecule has 0 bridgehead atoms. The lowest BCUT2D eigenvalue weighted by atomic mass is 9.94. The van der Waals surface area contributed by atoms with Crippen LogP contribution in [0.5, 0.6) is 0 Å². The van der Waals surface area contributed by atoms with Gasteiger partial charge in [-0.25, -0.2) is 15.0 Å². The van der Waals surface area contributed by atoms with Crippen LogP contribution in [0.1, 0.15) is 30.3 Å². The van der Waals surface area contributed by atoms with Crippen molar-refractivity contribution in [1.29, 1.82) is 0 Å². The third-order valence-electron chi connectivity index (χ3n) is 3.98. The number of amides is 1. The second kappa shape index (κ2) is 6.50. The summed E-state index contributed by atoms with van der Waals surface area (Å²) in [5.74, 6) is 0.617. The summed E-state index contributed by atoms with van der Waals surface area (Å²) in [7, 11) is 0. The van der Waals surface area contributed by atoms with E-state index in [4.69, 9.17) is 0 Å². The fourth-order valence-electron chi connectivity index (χ4n) is 2.65. The van der Waals surface area contributed by atoms with E-state index in [0.717, 1.165) is 12.8 Å². The molecule has 6 nitrogen and oxygen atoms in total.